The lowest BCUT2D eigenvalue weighted by atomic mass is 10.0. The monoisotopic (exact) mass is 269 g/mol. The van der Waals surface area contributed by atoms with Gasteiger partial charge in [0.2, 0.25) is 0 Å². The molecule has 20 heavy (non-hydrogen) atoms. The van der Waals surface area contributed by atoms with Crippen molar-refractivity contribution in [3.05, 3.63) is 42.1 Å². The maximum Gasteiger partial charge on any atom is 0.0926 e. The van der Waals surface area contributed by atoms with E-state index < -0.39 is 0 Å². The van der Waals surface area contributed by atoms with Crippen LogP contribution in [0.4, 0.5) is 0 Å². The first-order valence-corrected chi connectivity index (χ1v) is 7.75. The molecule has 0 aliphatic carbocycles. The van der Waals surface area contributed by atoms with Gasteiger partial charge in [0, 0.05) is 18.2 Å². The van der Waals surface area contributed by atoms with E-state index in [1.54, 1.807) is 0 Å². The highest BCUT2D eigenvalue weighted by Crippen LogP contribution is 2.27. The summed E-state index contributed by atoms with van der Waals surface area (Å²) in [5, 5.41) is 8.41. The number of hydrogen-bond acceptors (Lipinski definition) is 2. The number of hydrogen-bond donors (Lipinski definition) is 1. The van der Waals surface area contributed by atoms with Gasteiger partial charge in [-0.3, -0.25) is 4.68 Å². The minimum absolute atomic E-state index is 0.472. The highest BCUT2D eigenvalue weighted by Gasteiger charge is 2.21. The van der Waals surface area contributed by atoms with E-state index in [9.17, 15) is 0 Å². The van der Waals surface area contributed by atoms with E-state index in [0.717, 1.165) is 18.8 Å². The van der Waals surface area contributed by atoms with Crippen LogP contribution in [0.1, 0.15) is 44.3 Å². The highest BCUT2D eigenvalue weighted by atomic mass is 15.3. The number of rotatable bonds is 5. The van der Waals surface area contributed by atoms with Gasteiger partial charge in [0.15, 0.2) is 0 Å². The van der Waals surface area contributed by atoms with Crippen molar-refractivity contribution in [1.29, 1.82) is 0 Å². The maximum absolute atomic E-state index is 4.78. The second kappa shape index (κ2) is 6.23. The summed E-state index contributed by atoms with van der Waals surface area (Å²) < 4.78 is 2.19. The van der Waals surface area contributed by atoms with Crippen LogP contribution in [0.5, 0.6) is 0 Å². The Balaban J connectivity index is 1.81. The number of aromatic nitrogens is 2. The van der Waals surface area contributed by atoms with E-state index in [1.807, 2.05) is 0 Å². The largest absolute Gasteiger partial charge is 0.307 e. The molecule has 0 amide bonds. The zero-order chi connectivity index (χ0) is 13.8. The van der Waals surface area contributed by atoms with Gasteiger partial charge in [0.1, 0.15) is 0 Å². The number of fused-ring (bicyclic) bond motifs is 1. The summed E-state index contributed by atoms with van der Waals surface area (Å²) in [4.78, 5) is 0. The van der Waals surface area contributed by atoms with Crippen LogP contribution < -0.4 is 5.32 Å². The lowest BCUT2D eigenvalue weighted by Gasteiger charge is -2.25. The van der Waals surface area contributed by atoms with Gasteiger partial charge in [-0.15, -0.1) is 0 Å². The third kappa shape index (κ3) is 2.78. The molecule has 1 aliphatic rings. The first-order valence-electron chi connectivity index (χ1n) is 7.75. The highest BCUT2D eigenvalue weighted by molar-refractivity contribution is 5.59. The van der Waals surface area contributed by atoms with Crippen molar-refractivity contribution in [2.24, 2.45) is 0 Å². The Hall–Kier alpha value is -1.61. The number of nitrogens with one attached hydrogen (secondary N) is 1. The van der Waals surface area contributed by atoms with Crippen LogP contribution in [0.3, 0.4) is 0 Å². The average molecular weight is 269 g/mol. The fourth-order valence-electron chi connectivity index (χ4n) is 2.94. The van der Waals surface area contributed by atoms with Gasteiger partial charge in [-0.25, -0.2) is 0 Å². The summed E-state index contributed by atoms with van der Waals surface area (Å²) in [6, 6.07) is 13.2. The Morgan fingerprint density at radius 2 is 2.10 bits per heavy atom. The minimum Gasteiger partial charge on any atom is -0.307 e. The van der Waals surface area contributed by atoms with E-state index in [2.05, 4.69) is 53.3 Å². The molecule has 0 saturated carbocycles. The second-order valence-electron chi connectivity index (χ2n) is 5.55. The number of nitrogens with zero attached hydrogens (tertiary/aromatic N) is 2. The summed E-state index contributed by atoms with van der Waals surface area (Å²) >= 11 is 0. The maximum atomic E-state index is 4.78. The molecular formula is C17H23N3. The molecule has 1 aliphatic heterocycles. The van der Waals surface area contributed by atoms with Crippen LogP contribution in [-0.4, -0.2) is 16.3 Å². The molecule has 2 heterocycles. The quantitative estimate of drug-likeness (QED) is 0.837. The summed E-state index contributed by atoms with van der Waals surface area (Å²) in [5.41, 5.74) is 3.66. The summed E-state index contributed by atoms with van der Waals surface area (Å²) in [7, 11) is 0. The first kappa shape index (κ1) is 13.4. The van der Waals surface area contributed by atoms with Crippen LogP contribution in [0.25, 0.3) is 11.3 Å². The van der Waals surface area contributed by atoms with E-state index in [-0.39, 0.29) is 0 Å². The smallest absolute Gasteiger partial charge is 0.0926 e. The predicted molar refractivity (Wildman–Crippen MR) is 82.5 cm³/mol. The SMILES string of the molecule is CCCCCC1NCCn2nc(-c3ccccc3)cc21. The minimum atomic E-state index is 0.472. The van der Waals surface area contributed by atoms with Crippen LogP contribution in [0.15, 0.2) is 36.4 Å². The Morgan fingerprint density at radius 3 is 2.90 bits per heavy atom. The molecule has 0 spiro atoms. The lowest BCUT2D eigenvalue weighted by molar-refractivity contribution is 0.375. The molecule has 2 aromatic rings. The fraction of sp³-hybridized carbons (Fsp3) is 0.471. The van der Waals surface area contributed by atoms with E-state index in [1.165, 1.54) is 36.9 Å². The third-order valence-electron chi connectivity index (χ3n) is 4.05. The van der Waals surface area contributed by atoms with E-state index >= 15 is 0 Å². The molecule has 1 N–H and O–H groups in total. The topological polar surface area (TPSA) is 29.9 Å². The molecule has 3 heteroatoms. The van der Waals surface area contributed by atoms with Gasteiger partial charge in [-0.05, 0) is 12.5 Å². The zero-order valence-electron chi connectivity index (χ0n) is 12.2. The molecule has 0 bridgehead atoms. The Bertz CT molecular complexity index is 545. The van der Waals surface area contributed by atoms with Crippen molar-refractivity contribution in [2.45, 2.75) is 45.2 Å². The number of benzene rings is 1. The summed E-state index contributed by atoms with van der Waals surface area (Å²) in [6.07, 6.45) is 5.10. The van der Waals surface area contributed by atoms with Gasteiger partial charge < -0.3 is 5.32 Å². The molecule has 106 valence electrons. The number of unbranched alkanes of at least 4 members (excludes halogenated alkanes) is 2. The lowest BCUT2D eigenvalue weighted by Crippen LogP contribution is -2.33. The van der Waals surface area contributed by atoms with Crippen LogP contribution in [-0.2, 0) is 6.54 Å². The molecule has 3 nitrogen and oxygen atoms in total. The van der Waals surface area contributed by atoms with Gasteiger partial charge >= 0.3 is 0 Å². The molecule has 0 saturated heterocycles. The van der Waals surface area contributed by atoms with Crippen molar-refractivity contribution in [2.75, 3.05) is 6.54 Å². The first-order chi connectivity index (χ1) is 9.88. The molecule has 0 fully saturated rings. The van der Waals surface area contributed by atoms with Crippen LogP contribution in [0.2, 0.25) is 0 Å². The van der Waals surface area contributed by atoms with Gasteiger partial charge in [0.25, 0.3) is 0 Å². The zero-order valence-corrected chi connectivity index (χ0v) is 12.2. The molecule has 1 unspecified atom stereocenters. The van der Waals surface area contributed by atoms with Crippen LogP contribution in [0, 0.1) is 0 Å². The fourth-order valence-corrected chi connectivity index (χ4v) is 2.94. The van der Waals surface area contributed by atoms with Gasteiger partial charge in [-0.2, -0.15) is 5.10 Å². The van der Waals surface area contributed by atoms with Crippen molar-refractivity contribution in [3.63, 3.8) is 0 Å². The molecule has 1 aromatic heterocycles. The van der Waals surface area contributed by atoms with E-state index in [4.69, 9.17) is 5.10 Å². The van der Waals surface area contributed by atoms with Crippen LogP contribution >= 0.6 is 0 Å². The Morgan fingerprint density at radius 1 is 1.25 bits per heavy atom. The molecule has 1 atom stereocenters. The van der Waals surface area contributed by atoms with Gasteiger partial charge in [0.05, 0.1) is 17.9 Å². The molecule has 3 rings (SSSR count). The van der Waals surface area contributed by atoms with Crippen molar-refractivity contribution >= 4 is 0 Å². The van der Waals surface area contributed by atoms with Crippen molar-refractivity contribution < 1.29 is 0 Å². The summed E-state index contributed by atoms with van der Waals surface area (Å²) in [6.45, 7) is 4.26. The second-order valence-corrected chi connectivity index (χ2v) is 5.55. The molecular weight excluding hydrogens is 246 g/mol. The standard InChI is InChI=1S/C17H23N3/c1-2-3-5-10-15-17-13-16(14-8-6-4-7-9-14)19-20(17)12-11-18-15/h4,6-9,13,15,18H,2-3,5,10-12H2,1H3. The third-order valence-corrected chi connectivity index (χ3v) is 4.05. The normalized spacial score (nSPS) is 17.9. The van der Waals surface area contributed by atoms with Crippen molar-refractivity contribution in [1.82, 2.24) is 15.1 Å². The van der Waals surface area contributed by atoms with E-state index in [0.29, 0.717) is 6.04 Å². The van der Waals surface area contributed by atoms with Gasteiger partial charge in [-0.1, -0.05) is 56.5 Å². The Kier molecular flexibility index (Phi) is 4.16. The average Bonchev–Trinajstić information content (AvgIpc) is 2.93. The molecule has 0 radical (unpaired) electrons. The van der Waals surface area contributed by atoms with Crippen molar-refractivity contribution in [3.8, 4) is 11.3 Å². The Labute approximate surface area is 121 Å². The summed E-state index contributed by atoms with van der Waals surface area (Å²) in [5.74, 6) is 0. The predicted octanol–water partition coefficient (Wildman–Crippen LogP) is 3.77. The molecule has 1 aromatic carbocycles.